The van der Waals surface area contributed by atoms with Gasteiger partial charge in [0, 0.05) is 18.1 Å². The van der Waals surface area contributed by atoms with E-state index >= 15 is 0 Å². The Morgan fingerprint density at radius 1 is 1.38 bits per heavy atom. The van der Waals surface area contributed by atoms with Crippen LogP contribution in [0.1, 0.15) is 25.5 Å². The van der Waals surface area contributed by atoms with E-state index in [1.54, 1.807) is 12.3 Å². The summed E-state index contributed by atoms with van der Waals surface area (Å²) in [5.74, 6) is 0.320. The van der Waals surface area contributed by atoms with Gasteiger partial charge < -0.3 is 10.0 Å². The summed E-state index contributed by atoms with van der Waals surface area (Å²) in [6.45, 7) is 4.15. The molecule has 16 heavy (non-hydrogen) atoms. The second kappa shape index (κ2) is 3.88. The largest absolute Gasteiger partial charge is 0.508 e. The summed E-state index contributed by atoms with van der Waals surface area (Å²) >= 11 is 0. The highest BCUT2D eigenvalue weighted by molar-refractivity contribution is 6.57. The summed E-state index contributed by atoms with van der Waals surface area (Å²) in [6.07, 6.45) is 1.57. The Morgan fingerprint density at radius 2 is 2.06 bits per heavy atom. The third-order valence-electron chi connectivity index (χ3n) is 2.60. The van der Waals surface area contributed by atoms with Gasteiger partial charge in [-0.15, -0.1) is 0 Å². The molecule has 0 aliphatic heterocycles. The van der Waals surface area contributed by atoms with Crippen LogP contribution in [0.3, 0.4) is 0 Å². The molecule has 2 aromatic rings. The van der Waals surface area contributed by atoms with Crippen molar-refractivity contribution in [1.82, 2.24) is 14.8 Å². The zero-order chi connectivity index (χ0) is 11.9. The Morgan fingerprint density at radius 3 is 2.62 bits per heavy atom. The molecule has 0 spiro atoms. The Balaban J connectivity index is 2.69. The lowest BCUT2D eigenvalue weighted by Gasteiger charge is -2.06. The van der Waals surface area contributed by atoms with Crippen LogP contribution in [0.5, 0.6) is 0 Å². The maximum Gasteiger partial charge on any atom is 0.508 e. The molecule has 6 heteroatoms. The second-order valence-electron chi connectivity index (χ2n) is 4.16. The molecular weight excluding hydrogens is 205 g/mol. The molecule has 0 aliphatic carbocycles. The van der Waals surface area contributed by atoms with Crippen LogP contribution in [0.15, 0.2) is 12.3 Å². The van der Waals surface area contributed by atoms with E-state index in [0.29, 0.717) is 5.92 Å². The lowest BCUT2D eigenvalue weighted by molar-refractivity contribution is 0.424. The summed E-state index contributed by atoms with van der Waals surface area (Å²) in [6, 6.07) is 1.68. The molecule has 5 nitrogen and oxygen atoms in total. The highest BCUT2D eigenvalue weighted by Crippen LogP contribution is 2.23. The average molecular weight is 219 g/mol. The van der Waals surface area contributed by atoms with E-state index < -0.39 is 7.12 Å². The van der Waals surface area contributed by atoms with Gasteiger partial charge in [0.1, 0.15) is 5.52 Å². The predicted octanol–water partition coefficient (Wildman–Crippen LogP) is -0.229. The Bertz CT molecular complexity index is 522. The van der Waals surface area contributed by atoms with Crippen LogP contribution >= 0.6 is 0 Å². The zero-order valence-corrected chi connectivity index (χ0v) is 9.55. The van der Waals surface area contributed by atoms with Gasteiger partial charge in [-0.05, 0) is 12.0 Å². The number of hydrogen-bond donors (Lipinski definition) is 2. The monoisotopic (exact) mass is 219 g/mol. The van der Waals surface area contributed by atoms with E-state index in [2.05, 4.69) is 23.9 Å². The molecule has 84 valence electrons. The van der Waals surface area contributed by atoms with Gasteiger partial charge in [0.2, 0.25) is 0 Å². The first-order valence-electron chi connectivity index (χ1n) is 5.19. The topological polar surface area (TPSA) is 71.2 Å². The number of pyridine rings is 1. The fraction of sp³-hybridized carbons (Fsp3) is 0.400. The molecule has 2 N–H and O–H groups in total. The molecule has 0 saturated carbocycles. The lowest BCUT2D eigenvalue weighted by atomic mass is 9.85. The van der Waals surface area contributed by atoms with Crippen LogP contribution in [-0.4, -0.2) is 31.9 Å². The van der Waals surface area contributed by atoms with Crippen LogP contribution in [0, 0.1) is 0 Å². The summed E-state index contributed by atoms with van der Waals surface area (Å²) in [7, 11) is 0.342. The quantitative estimate of drug-likeness (QED) is 0.684. The van der Waals surface area contributed by atoms with E-state index in [1.165, 1.54) is 0 Å². The van der Waals surface area contributed by atoms with E-state index in [4.69, 9.17) is 10.0 Å². The third-order valence-corrected chi connectivity index (χ3v) is 2.60. The van der Waals surface area contributed by atoms with Gasteiger partial charge in [-0.25, -0.2) is 0 Å². The SMILES string of the molecule is CC(C)c1c2cc(B(O)O)ncc2nn1C. The van der Waals surface area contributed by atoms with Crippen molar-refractivity contribution in [3.63, 3.8) is 0 Å². The fourth-order valence-corrected chi connectivity index (χ4v) is 1.96. The summed E-state index contributed by atoms with van der Waals surface area (Å²) in [5.41, 5.74) is 2.09. The first-order valence-corrected chi connectivity index (χ1v) is 5.19. The molecule has 0 bridgehead atoms. The van der Waals surface area contributed by atoms with Gasteiger partial charge in [0.05, 0.1) is 11.8 Å². The third kappa shape index (κ3) is 1.70. The number of aryl methyl sites for hydroxylation is 1. The van der Waals surface area contributed by atoms with E-state index in [9.17, 15) is 0 Å². The molecule has 0 amide bonds. The second-order valence-corrected chi connectivity index (χ2v) is 4.16. The number of rotatable bonds is 2. The molecule has 0 aromatic carbocycles. The lowest BCUT2D eigenvalue weighted by Crippen LogP contribution is -2.32. The van der Waals surface area contributed by atoms with Crippen molar-refractivity contribution in [3.8, 4) is 0 Å². The minimum absolute atomic E-state index is 0.252. The Kier molecular flexibility index (Phi) is 2.69. The maximum atomic E-state index is 9.09. The standard InChI is InChI=1S/C10H14BN3O2/c1-6(2)10-7-4-9(11(15)16)12-5-8(7)13-14(10)3/h4-6,15-16H,1-3H3. The molecule has 2 rings (SSSR count). The van der Waals surface area contributed by atoms with Gasteiger partial charge in [-0.2, -0.15) is 5.10 Å². The molecular formula is C10H14BN3O2. The number of nitrogens with zero attached hydrogens (tertiary/aromatic N) is 3. The number of fused-ring (bicyclic) bond motifs is 1. The van der Waals surface area contributed by atoms with Gasteiger partial charge in [0.15, 0.2) is 0 Å². The normalized spacial score (nSPS) is 11.4. The first-order chi connectivity index (χ1) is 7.50. The summed E-state index contributed by atoms with van der Waals surface area (Å²) in [4.78, 5) is 3.94. The smallest absolute Gasteiger partial charge is 0.422 e. The maximum absolute atomic E-state index is 9.09. The van der Waals surface area contributed by atoms with Crippen molar-refractivity contribution < 1.29 is 10.0 Å². The van der Waals surface area contributed by atoms with Crippen molar-refractivity contribution in [2.45, 2.75) is 19.8 Å². The van der Waals surface area contributed by atoms with E-state index in [0.717, 1.165) is 16.6 Å². The summed E-state index contributed by atoms with van der Waals surface area (Å²) < 4.78 is 1.81. The van der Waals surface area contributed by atoms with Gasteiger partial charge in [-0.1, -0.05) is 13.8 Å². The fourth-order valence-electron chi connectivity index (χ4n) is 1.96. The average Bonchev–Trinajstić information content (AvgIpc) is 2.51. The minimum Gasteiger partial charge on any atom is -0.422 e. The summed E-state index contributed by atoms with van der Waals surface area (Å²) in [5, 5.41) is 23.4. The molecule has 0 saturated heterocycles. The van der Waals surface area contributed by atoms with Crippen molar-refractivity contribution >= 4 is 23.6 Å². The molecule has 0 unspecified atom stereocenters. The van der Waals surface area contributed by atoms with Crippen LogP contribution in [0.2, 0.25) is 0 Å². The molecule has 0 fully saturated rings. The number of hydrogen-bond acceptors (Lipinski definition) is 4. The van der Waals surface area contributed by atoms with Crippen LogP contribution < -0.4 is 5.59 Å². The highest BCUT2D eigenvalue weighted by atomic mass is 16.4. The van der Waals surface area contributed by atoms with E-state index in [1.807, 2.05) is 11.7 Å². The highest BCUT2D eigenvalue weighted by Gasteiger charge is 2.17. The molecule has 0 aliphatic rings. The molecule has 2 aromatic heterocycles. The minimum atomic E-state index is -1.54. The van der Waals surface area contributed by atoms with E-state index in [-0.39, 0.29) is 5.59 Å². The molecule has 2 heterocycles. The van der Waals surface area contributed by atoms with Crippen LogP contribution in [-0.2, 0) is 7.05 Å². The van der Waals surface area contributed by atoms with Crippen molar-refractivity contribution in [2.75, 3.05) is 0 Å². The predicted molar refractivity (Wildman–Crippen MR) is 62.4 cm³/mol. The van der Waals surface area contributed by atoms with Gasteiger partial charge >= 0.3 is 7.12 Å². The van der Waals surface area contributed by atoms with Gasteiger partial charge in [-0.3, -0.25) is 9.67 Å². The Hall–Kier alpha value is -1.40. The van der Waals surface area contributed by atoms with Crippen LogP contribution in [0.4, 0.5) is 0 Å². The molecule has 0 atom stereocenters. The van der Waals surface area contributed by atoms with Gasteiger partial charge in [0.25, 0.3) is 0 Å². The van der Waals surface area contributed by atoms with Crippen molar-refractivity contribution in [1.29, 1.82) is 0 Å². The Labute approximate surface area is 93.9 Å². The number of aromatic nitrogens is 3. The van der Waals surface area contributed by atoms with Crippen LogP contribution in [0.25, 0.3) is 10.9 Å². The van der Waals surface area contributed by atoms with Crippen molar-refractivity contribution in [2.24, 2.45) is 7.05 Å². The zero-order valence-electron chi connectivity index (χ0n) is 9.55. The molecule has 0 radical (unpaired) electrons. The van der Waals surface area contributed by atoms with Crippen molar-refractivity contribution in [3.05, 3.63) is 18.0 Å². The first kappa shape index (κ1) is 11.1.